The van der Waals surface area contributed by atoms with Gasteiger partial charge < -0.3 is 9.84 Å². The van der Waals surface area contributed by atoms with E-state index in [4.69, 9.17) is 10.00 Å². The molecule has 0 saturated carbocycles. The van der Waals surface area contributed by atoms with Gasteiger partial charge in [0, 0.05) is 6.42 Å². The molecule has 0 aromatic carbocycles. The number of nitrogens with zero attached hydrogens (tertiary/aromatic N) is 1. The minimum Gasteiger partial charge on any atom is -0.390 e. The first kappa shape index (κ1) is 7.08. The average molecular weight is 153 g/mol. The Morgan fingerprint density at radius 1 is 1.64 bits per heavy atom. The van der Waals surface area contributed by atoms with Crippen LogP contribution >= 0.6 is 0 Å². The molecule has 2 bridgehead atoms. The Bertz CT molecular complexity index is 235. The van der Waals surface area contributed by atoms with E-state index in [1.54, 1.807) is 0 Å². The van der Waals surface area contributed by atoms with E-state index in [0.717, 1.165) is 12.8 Å². The van der Waals surface area contributed by atoms with E-state index >= 15 is 0 Å². The highest BCUT2D eigenvalue weighted by molar-refractivity contribution is 5.17. The number of ether oxygens (including phenoxy) is 1. The quantitative estimate of drug-likeness (QED) is 0.554. The largest absolute Gasteiger partial charge is 0.390 e. The molecule has 0 aromatic heterocycles. The summed E-state index contributed by atoms with van der Waals surface area (Å²) >= 11 is 0. The van der Waals surface area contributed by atoms with Gasteiger partial charge in [-0.15, -0.1) is 0 Å². The number of rotatable bonds is 0. The van der Waals surface area contributed by atoms with Crippen LogP contribution in [0.1, 0.15) is 26.2 Å². The van der Waals surface area contributed by atoms with Crippen molar-refractivity contribution < 1.29 is 9.84 Å². The number of aliphatic hydroxyl groups excluding tert-OH is 1. The molecule has 3 heteroatoms. The molecule has 2 fully saturated rings. The van der Waals surface area contributed by atoms with Crippen molar-refractivity contribution in [1.82, 2.24) is 0 Å². The van der Waals surface area contributed by atoms with Crippen LogP contribution < -0.4 is 0 Å². The summed E-state index contributed by atoms with van der Waals surface area (Å²) in [6, 6.07) is 2.14. The number of aliphatic hydroxyl groups is 1. The van der Waals surface area contributed by atoms with Gasteiger partial charge in [-0.25, -0.2) is 0 Å². The van der Waals surface area contributed by atoms with Crippen molar-refractivity contribution in [3.63, 3.8) is 0 Å². The maximum absolute atomic E-state index is 9.50. The van der Waals surface area contributed by atoms with Crippen LogP contribution in [0.4, 0.5) is 0 Å². The molecule has 1 N–H and O–H groups in total. The second kappa shape index (κ2) is 1.77. The van der Waals surface area contributed by atoms with Crippen LogP contribution in [0.5, 0.6) is 0 Å². The summed E-state index contributed by atoms with van der Waals surface area (Å²) in [6.45, 7) is 1.88. The van der Waals surface area contributed by atoms with E-state index in [0.29, 0.717) is 6.42 Å². The molecular formula is C8H11NO2. The fraction of sp³-hybridized carbons (Fsp3) is 0.875. The predicted octanol–water partition coefficient (Wildman–Crippen LogP) is 0.582. The van der Waals surface area contributed by atoms with Crippen LogP contribution in [-0.2, 0) is 4.74 Å². The molecule has 11 heavy (non-hydrogen) atoms. The first-order valence-electron chi connectivity index (χ1n) is 3.90. The smallest absolute Gasteiger partial charge is 0.157 e. The Labute approximate surface area is 65.6 Å². The number of fused-ring (bicyclic) bond motifs is 2. The highest BCUT2D eigenvalue weighted by atomic mass is 16.6. The van der Waals surface area contributed by atoms with E-state index in [2.05, 4.69) is 6.07 Å². The average Bonchev–Trinajstić information content (AvgIpc) is 2.41. The lowest BCUT2D eigenvalue weighted by Gasteiger charge is -2.23. The van der Waals surface area contributed by atoms with Crippen molar-refractivity contribution in [2.75, 3.05) is 0 Å². The summed E-state index contributed by atoms with van der Waals surface area (Å²) in [4.78, 5) is 0. The van der Waals surface area contributed by atoms with E-state index in [1.807, 2.05) is 6.92 Å². The van der Waals surface area contributed by atoms with E-state index in [1.165, 1.54) is 0 Å². The van der Waals surface area contributed by atoms with Crippen molar-refractivity contribution >= 4 is 0 Å². The summed E-state index contributed by atoms with van der Waals surface area (Å²) in [6.07, 6.45) is 1.62. The van der Waals surface area contributed by atoms with Crippen LogP contribution in [0, 0.1) is 11.3 Å². The van der Waals surface area contributed by atoms with Crippen LogP contribution in [0.15, 0.2) is 0 Å². The zero-order valence-corrected chi connectivity index (χ0v) is 6.50. The van der Waals surface area contributed by atoms with Crippen LogP contribution in [0.2, 0.25) is 0 Å². The van der Waals surface area contributed by atoms with Crippen LogP contribution in [0.3, 0.4) is 0 Å². The maximum Gasteiger partial charge on any atom is 0.157 e. The second-order valence-corrected chi connectivity index (χ2v) is 3.74. The van der Waals surface area contributed by atoms with Gasteiger partial charge in [0.1, 0.15) is 0 Å². The lowest BCUT2D eigenvalue weighted by molar-refractivity contribution is -0.0455. The molecule has 0 aliphatic carbocycles. The molecule has 2 aliphatic rings. The molecule has 0 amide bonds. The van der Waals surface area contributed by atoms with Crippen molar-refractivity contribution in [1.29, 1.82) is 5.26 Å². The van der Waals surface area contributed by atoms with E-state index < -0.39 is 17.3 Å². The van der Waals surface area contributed by atoms with Crippen molar-refractivity contribution in [3.8, 4) is 6.07 Å². The highest BCUT2D eigenvalue weighted by Crippen LogP contribution is 2.50. The summed E-state index contributed by atoms with van der Waals surface area (Å²) in [5, 5.41) is 18.3. The normalized spacial score (nSPS) is 54.5. The molecule has 0 spiro atoms. The van der Waals surface area contributed by atoms with Gasteiger partial charge in [0.15, 0.2) is 5.60 Å². The Balaban J connectivity index is 2.32. The molecule has 2 saturated heterocycles. The topological polar surface area (TPSA) is 53.2 Å². The zero-order valence-electron chi connectivity index (χ0n) is 6.50. The number of hydrogen-bond donors (Lipinski definition) is 1. The third kappa shape index (κ3) is 0.741. The molecule has 0 unspecified atom stereocenters. The van der Waals surface area contributed by atoms with Gasteiger partial charge in [-0.05, 0) is 19.8 Å². The first-order chi connectivity index (χ1) is 5.10. The summed E-state index contributed by atoms with van der Waals surface area (Å²) < 4.78 is 5.50. The molecule has 0 aromatic rings. The monoisotopic (exact) mass is 153 g/mol. The Kier molecular flexibility index (Phi) is 1.14. The maximum atomic E-state index is 9.50. The standard InChI is InChI=1S/C8H11NO2/c1-7-2-3-8(5-9,11-7)4-6(7)10/h6,10H,2-4H2,1H3/t6-,7+,8-/m0/s1. The van der Waals surface area contributed by atoms with Crippen LogP contribution in [-0.4, -0.2) is 22.4 Å². The molecule has 60 valence electrons. The highest BCUT2D eigenvalue weighted by Gasteiger charge is 2.59. The van der Waals surface area contributed by atoms with Crippen molar-refractivity contribution in [3.05, 3.63) is 0 Å². The molecule has 3 nitrogen and oxygen atoms in total. The molecule has 0 radical (unpaired) electrons. The molecule has 3 atom stereocenters. The van der Waals surface area contributed by atoms with Crippen molar-refractivity contribution in [2.24, 2.45) is 0 Å². The van der Waals surface area contributed by atoms with Gasteiger partial charge in [0.05, 0.1) is 17.8 Å². The number of hydrogen-bond acceptors (Lipinski definition) is 3. The summed E-state index contributed by atoms with van der Waals surface area (Å²) in [5.74, 6) is 0. The van der Waals surface area contributed by atoms with Crippen LogP contribution in [0.25, 0.3) is 0 Å². The van der Waals surface area contributed by atoms with Gasteiger partial charge in [0.2, 0.25) is 0 Å². The van der Waals surface area contributed by atoms with E-state index in [9.17, 15) is 5.11 Å². The van der Waals surface area contributed by atoms with Gasteiger partial charge in [-0.1, -0.05) is 0 Å². The lowest BCUT2D eigenvalue weighted by atomic mass is 9.82. The zero-order chi connectivity index (χ0) is 8.11. The predicted molar refractivity (Wildman–Crippen MR) is 37.7 cm³/mol. The fourth-order valence-electron chi connectivity index (χ4n) is 2.03. The first-order valence-corrected chi connectivity index (χ1v) is 3.90. The molecule has 2 rings (SSSR count). The van der Waals surface area contributed by atoms with E-state index in [-0.39, 0.29) is 0 Å². The summed E-state index contributed by atoms with van der Waals surface area (Å²) in [5.41, 5.74) is -1.09. The Morgan fingerprint density at radius 2 is 2.36 bits per heavy atom. The van der Waals surface area contributed by atoms with Gasteiger partial charge in [-0.3, -0.25) is 0 Å². The molecule has 2 aliphatic heterocycles. The second-order valence-electron chi connectivity index (χ2n) is 3.74. The van der Waals surface area contributed by atoms with Gasteiger partial charge in [-0.2, -0.15) is 5.26 Å². The van der Waals surface area contributed by atoms with Gasteiger partial charge in [0.25, 0.3) is 0 Å². The minimum atomic E-state index is -0.659. The Hall–Kier alpha value is -0.590. The lowest BCUT2D eigenvalue weighted by Crippen LogP contribution is -2.34. The third-order valence-electron chi connectivity index (χ3n) is 2.89. The fourth-order valence-corrected chi connectivity index (χ4v) is 2.03. The minimum absolute atomic E-state index is 0.435. The SMILES string of the molecule is C[C@@]12CC[C@@](C#N)(C[C@@H]1O)O2. The summed E-state index contributed by atoms with van der Waals surface area (Å²) in [7, 11) is 0. The molecular weight excluding hydrogens is 142 g/mol. The third-order valence-corrected chi connectivity index (χ3v) is 2.89. The Morgan fingerprint density at radius 3 is 2.64 bits per heavy atom. The van der Waals surface area contributed by atoms with Gasteiger partial charge >= 0.3 is 0 Å². The van der Waals surface area contributed by atoms with Crippen molar-refractivity contribution in [2.45, 2.75) is 43.5 Å². The number of nitriles is 1. The molecule has 2 heterocycles.